The number of hydrogen-bond donors (Lipinski definition) is 2. The maximum Gasteiger partial charge on any atom is 0.254 e. The van der Waals surface area contributed by atoms with Gasteiger partial charge in [0.05, 0.1) is 6.04 Å². The van der Waals surface area contributed by atoms with Crippen molar-refractivity contribution >= 4 is 17.6 Å². The van der Waals surface area contributed by atoms with Crippen LogP contribution in [0.15, 0.2) is 12.3 Å². The van der Waals surface area contributed by atoms with Crippen LogP contribution in [0.4, 0.5) is 5.82 Å². The largest absolute Gasteiger partial charge is 0.380 e. The number of nitrogens with zero attached hydrogens (tertiary/aromatic N) is 3. The summed E-state index contributed by atoms with van der Waals surface area (Å²) in [5.41, 5.74) is -1.17. The Bertz CT molecular complexity index is 592. The van der Waals surface area contributed by atoms with Gasteiger partial charge in [0.25, 0.3) is 5.91 Å². The molecule has 0 unspecified atom stereocenters. The lowest BCUT2D eigenvalue weighted by Crippen LogP contribution is -2.49. The summed E-state index contributed by atoms with van der Waals surface area (Å²) in [7, 11) is 0. The number of hydrogen-bond acceptors (Lipinski definition) is 4. The van der Waals surface area contributed by atoms with Crippen molar-refractivity contribution < 1.29 is 14.7 Å². The molecule has 1 aliphatic carbocycles. The lowest BCUT2D eigenvalue weighted by molar-refractivity contribution is -0.153. The average Bonchev–Trinajstić information content (AvgIpc) is 3.15. The first-order chi connectivity index (χ1) is 11.0. The van der Waals surface area contributed by atoms with Crippen LogP contribution in [0.5, 0.6) is 0 Å². The number of nitrogens with one attached hydrogen (secondary N) is 1. The van der Waals surface area contributed by atoms with E-state index in [-0.39, 0.29) is 17.9 Å². The number of anilines is 1. The van der Waals surface area contributed by atoms with Crippen LogP contribution in [0, 0.1) is 0 Å². The minimum Gasteiger partial charge on any atom is -0.380 e. The van der Waals surface area contributed by atoms with E-state index in [1.807, 2.05) is 6.20 Å². The highest BCUT2D eigenvalue weighted by Gasteiger charge is 2.42. The van der Waals surface area contributed by atoms with Gasteiger partial charge in [-0.1, -0.05) is 19.3 Å². The van der Waals surface area contributed by atoms with Gasteiger partial charge in [-0.05, 0) is 19.3 Å². The van der Waals surface area contributed by atoms with Gasteiger partial charge in [0.1, 0.15) is 5.60 Å². The zero-order valence-corrected chi connectivity index (χ0v) is 13.5. The first kappa shape index (κ1) is 16.0. The molecule has 1 aromatic heterocycles. The predicted molar refractivity (Wildman–Crippen MR) is 84.8 cm³/mol. The molecule has 126 valence electrons. The third kappa shape index (κ3) is 3.39. The summed E-state index contributed by atoms with van der Waals surface area (Å²) in [6.07, 6.45) is 6.69. The van der Waals surface area contributed by atoms with Crippen LogP contribution in [0.2, 0.25) is 0 Å². The Morgan fingerprint density at radius 3 is 2.78 bits per heavy atom. The van der Waals surface area contributed by atoms with Crippen LogP contribution >= 0.6 is 0 Å². The van der Waals surface area contributed by atoms with Crippen molar-refractivity contribution in [2.75, 3.05) is 18.4 Å². The number of aliphatic hydroxyl groups is 1. The first-order valence-corrected chi connectivity index (χ1v) is 8.32. The first-order valence-electron chi connectivity index (χ1n) is 8.32. The van der Waals surface area contributed by atoms with Gasteiger partial charge >= 0.3 is 0 Å². The van der Waals surface area contributed by atoms with E-state index >= 15 is 0 Å². The quantitative estimate of drug-likeness (QED) is 0.879. The van der Waals surface area contributed by atoms with Gasteiger partial charge in [-0.3, -0.25) is 14.3 Å². The second-order valence-electron chi connectivity index (χ2n) is 6.65. The minimum atomic E-state index is -1.17. The normalized spacial score (nSPS) is 23.7. The van der Waals surface area contributed by atoms with E-state index in [4.69, 9.17) is 0 Å². The smallest absolute Gasteiger partial charge is 0.254 e. The summed E-state index contributed by atoms with van der Waals surface area (Å²) < 4.78 is 1.80. The van der Waals surface area contributed by atoms with Gasteiger partial charge in [-0.2, -0.15) is 5.10 Å². The second-order valence-corrected chi connectivity index (χ2v) is 6.65. The van der Waals surface area contributed by atoms with Crippen molar-refractivity contribution in [2.45, 2.75) is 57.1 Å². The molecule has 2 fully saturated rings. The number of carbonyl (C=O) groups excluding carboxylic acids is 2. The van der Waals surface area contributed by atoms with Crippen LogP contribution < -0.4 is 5.32 Å². The summed E-state index contributed by atoms with van der Waals surface area (Å²) in [4.78, 5) is 25.5. The zero-order valence-electron chi connectivity index (χ0n) is 13.5. The number of amides is 2. The number of likely N-dealkylation sites (tertiary alicyclic amines) is 1. The van der Waals surface area contributed by atoms with Gasteiger partial charge in [-0.15, -0.1) is 0 Å². The molecule has 23 heavy (non-hydrogen) atoms. The molecule has 1 saturated carbocycles. The second kappa shape index (κ2) is 6.31. The maximum absolute atomic E-state index is 12.6. The summed E-state index contributed by atoms with van der Waals surface area (Å²) in [6.45, 7) is 2.64. The summed E-state index contributed by atoms with van der Waals surface area (Å²) in [6, 6.07) is 1.84. The standard InChI is InChI=1S/C16H24N4O3/c1-12(21)17-14-6-10-20(18-14)13-5-9-19(11-13)15(22)16(23)7-3-2-4-8-16/h6,10,13,23H,2-5,7-9,11H2,1H3,(H,17,18,21)/t13-/m1/s1. The maximum atomic E-state index is 12.6. The van der Waals surface area contributed by atoms with Gasteiger partial charge in [0.2, 0.25) is 5.91 Å². The molecule has 1 saturated heterocycles. The van der Waals surface area contributed by atoms with Crippen LogP contribution in [0.25, 0.3) is 0 Å². The Morgan fingerprint density at radius 1 is 1.35 bits per heavy atom. The fraction of sp³-hybridized carbons (Fsp3) is 0.688. The van der Waals surface area contributed by atoms with Gasteiger partial charge in [0.15, 0.2) is 5.82 Å². The Kier molecular flexibility index (Phi) is 4.39. The van der Waals surface area contributed by atoms with E-state index in [2.05, 4.69) is 10.4 Å². The van der Waals surface area contributed by atoms with Crippen molar-refractivity contribution in [1.82, 2.24) is 14.7 Å². The molecular formula is C16H24N4O3. The molecule has 1 aliphatic heterocycles. The SMILES string of the molecule is CC(=O)Nc1ccn([C@@H]2CCN(C(=O)C3(O)CCCCC3)C2)n1. The lowest BCUT2D eigenvalue weighted by Gasteiger charge is -2.34. The summed E-state index contributed by atoms with van der Waals surface area (Å²) >= 11 is 0. The molecule has 0 aromatic carbocycles. The Hall–Kier alpha value is -1.89. The highest BCUT2D eigenvalue weighted by molar-refractivity contribution is 5.87. The molecule has 0 bridgehead atoms. The average molecular weight is 320 g/mol. The molecule has 2 N–H and O–H groups in total. The topological polar surface area (TPSA) is 87.5 Å². The molecule has 7 heteroatoms. The Balaban J connectivity index is 1.62. The third-order valence-corrected chi connectivity index (χ3v) is 4.82. The molecule has 3 rings (SSSR count). The van der Waals surface area contributed by atoms with E-state index in [1.54, 1.807) is 15.6 Å². The molecular weight excluding hydrogens is 296 g/mol. The molecule has 1 aromatic rings. The van der Waals surface area contributed by atoms with E-state index in [1.165, 1.54) is 6.92 Å². The van der Waals surface area contributed by atoms with Gasteiger partial charge in [-0.25, -0.2) is 0 Å². The number of carbonyl (C=O) groups is 2. The van der Waals surface area contributed by atoms with E-state index in [9.17, 15) is 14.7 Å². The van der Waals surface area contributed by atoms with Gasteiger partial charge < -0.3 is 15.3 Å². The van der Waals surface area contributed by atoms with Crippen LogP contribution in [0.1, 0.15) is 51.5 Å². The predicted octanol–water partition coefficient (Wildman–Crippen LogP) is 1.31. The van der Waals surface area contributed by atoms with Crippen molar-refractivity contribution in [3.8, 4) is 0 Å². The van der Waals surface area contributed by atoms with E-state index in [0.29, 0.717) is 31.7 Å². The Morgan fingerprint density at radius 2 is 2.09 bits per heavy atom. The lowest BCUT2D eigenvalue weighted by atomic mass is 9.84. The van der Waals surface area contributed by atoms with Crippen LogP contribution in [-0.2, 0) is 9.59 Å². The number of aromatic nitrogens is 2. The zero-order chi connectivity index (χ0) is 16.4. The van der Waals surface area contributed by atoms with E-state index < -0.39 is 5.60 Å². The molecule has 7 nitrogen and oxygen atoms in total. The van der Waals surface area contributed by atoms with Crippen molar-refractivity contribution in [2.24, 2.45) is 0 Å². The van der Waals surface area contributed by atoms with Crippen molar-refractivity contribution in [3.05, 3.63) is 12.3 Å². The summed E-state index contributed by atoms with van der Waals surface area (Å²) in [5, 5.41) is 17.6. The fourth-order valence-corrected chi connectivity index (χ4v) is 3.58. The van der Waals surface area contributed by atoms with Crippen molar-refractivity contribution in [3.63, 3.8) is 0 Å². The molecule has 0 radical (unpaired) electrons. The minimum absolute atomic E-state index is 0.0913. The number of rotatable bonds is 3. The van der Waals surface area contributed by atoms with Crippen LogP contribution in [0.3, 0.4) is 0 Å². The molecule has 2 heterocycles. The van der Waals surface area contributed by atoms with Crippen LogP contribution in [-0.4, -0.2) is 50.3 Å². The monoisotopic (exact) mass is 320 g/mol. The molecule has 0 spiro atoms. The fourth-order valence-electron chi connectivity index (χ4n) is 3.58. The molecule has 2 amide bonds. The highest BCUT2D eigenvalue weighted by atomic mass is 16.3. The Labute approximate surface area is 135 Å². The van der Waals surface area contributed by atoms with Gasteiger partial charge in [0, 0.05) is 32.3 Å². The molecule has 1 atom stereocenters. The summed E-state index contributed by atoms with van der Waals surface area (Å²) in [5.74, 6) is 0.236. The molecule has 2 aliphatic rings. The third-order valence-electron chi connectivity index (χ3n) is 4.82. The van der Waals surface area contributed by atoms with Crippen molar-refractivity contribution in [1.29, 1.82) is 0 Å². The van der Waals surface area contributed by atoms with E-state index in [0.717, 1.165) is 25.7 Å². The highest BCUT2D eigenvalue weighted by Crippen LogP contribution is 2.32.